The third-order valence-corrected chi connectivity index (χ3v) is 3.74. The van der Waals surface area contributed by atoms with Crippen LogP contribution in [-0.4, -0.2) is 79.4 Å². The van der Waals surface area contributed by atoms with Gasteiger partial charge in [-0.05, 0) is 19.8 Å². The van der Waals surface area contributed by atoms with E-state index >= 15 is 0 Å². The number of hydrogen-bond acceptors (Lipinski definition) is 4. The second-order valence-corrected chi connectivity index (χ2v) is 5.41. The van der Waals surface area contributed by atoms with Crippen molar-refractivity contribution in [2.75, 3.05) is 45.8 Å². The van der Waals surface area contributed by atoms with E-state index in [1.807, 2.05) is 11.8 Å². The van der Waals surface area contributed by atoms with Crippen LogP contribution in [-0.2, 0) is 9.59 Å². The Balaban J connectivity index is 1.78. The van der Waals surface area contributed by atoms with Crippen LogP contribution in [0.1, 0.15) is 19.8 Å². The number of likely N-dealkylation sites (tertiary alicyclic amines) is 1. The third-order valence-electron chi connectivity index (χ3n) is 3.74. The average molecular weight is 324 g/mol. The van der Waals surface area contributed by atoms with Gasteiger partial charge in [0.05, 0.1) is 6.54 Å². The molecule has 3 N–H and O–H groups in total. The molecule has 0 spiro atoms. The number of guanidine groups is 1. The summed E-state index contributed by atoms with van der Waals surface area (Å²) in [4.78, 5) is 42.1. The molecule has 128 valence electrons. The number of imide groups is 1. The molecule has 0 aromatic carbocycles. The highest BCUT2D eigenvalue weighted by Gasteiger charge is 2.27. The summed E-state index contributed by atoms with van der Waals surface area (Å²) >= 11 is 0. The average Bonchev–Trinajstić information content (AvgIpc) is 3.17. The molecule has 0 unspecified atom stereocenters. The van der Waals surface area contributed by atoms with Gasteiger partial charge in [0.1, 0.15) is 6.54 Å². The van der Waals surface area contributed by atoms with Crippen LogP contribution in [0.5, 0.6) is 0 Å². The first kappa shape index (κ1) is 17.0. The predicted octanol–water partition coefficient (Wildman–Crippen LogP) is -1.28. The number of carbonyl (C=O) groups is 3. The molecule has 2 aliphatic heterocycles. The molecule has 2 rings (SSSR count). The van der Waals surface area contributed by atoms with Crippen LogP contribution in [0.4, 0.5) is 4.79 Å². The molecule has 9 nitrogen and oxygen atoms in total. The number of amides is 4. The van der Waals surface area contributed by atoms with Gasteiger partial charge in [0.15, 0.2) is 5.96 Å². The predicted molar refractivity (Wildman–Crippen MR) is 84.9 cm³/mol. The number of carbonyl (C=O) groups excluding carboxylic acids is 3. The van der Waals surface area contributed by atoms with Crippen molar-refractivity contribution in [2.24, 2.45) is 4.99 Å². The summed E-state index contributed by atoms with van der Waals surface area (Å²) in [6, 6.07) is -0.372. The Morgan fingerprint density at radius 1 is 1.26 bits per heavy atom. The molecule has 2 saturated heterocycles. The van der Waals surface area contributed by atoms with Crippen molar-refractivity contribution in [3.05, 3.63) is 0 Å². The van der Waals surface area contributed by atoms with Gasteiger partial charge in [-0.2, -0.15) is 0 Å². The zero-order valence-electron chi connectivity index (χ0n) is 13.4. The fourth-order valence-electron chi connectivity index (χ4n) is 2.52. The largest absolute Gasteiger partial charge is 0.357 e. The number of nitrogens with zero attached hydrogens (tertiary/aromatic N) is 3. The van der Waals surface area contributed by atoms with Gasteiger partial charge in [-0.1, -0.05) is 0 Å². The van der Waals surface area contributed by atoms with E-state index in [2.05, 4.69) is 20.9 Å². The van der Waals surface area contributed by atoms with E-state index < -0.39 is 0 Å². The van der Waals surface area contributed by atoms with Crippen molar-refractivity contribution in [1.82, 2.24) is 25.8 Å². The third kappa shape index (κ3) is 4.83. The van der Waals surface area contributed by atoms with Crippen LogP contribution in [0.3, 0.4) is 0 Å². The van der Waals surface area contributed by atoms with Gasteiger partial charge in [-0.3, -0.25) is 14.5 Å². The maximum Gasteiger partial charge on any atom is 0.324 e. The number of hydrogen-bond donors (Lipinski definition) is 3. The van der Waals surface area contributed by atoms with Gasteiger partial charge < -0.3 is 20.9 Å². The van der Waals surface area contributed by atoms with Gasteiger partial charge in [0.2, 0.25) is 11.8 Å². The van der Waals surface area contributed by atoms with Gasteiger partial charge >= 0.3 is 6.03 Å². The van der Waals surface area contributed by atoms with Crippen molar-refractivity contribution in [3.8, 4) is 0 Å². The van der Waals surface area contributed by atoms with Crippen LogP contribution in [0.25, 0.3) is 0 Å². The molecule has 0 aliphatic carbocycles. The minimum absolute atomic E-state index is 0.0220. The Morgan fingerprint density at radius 2 is 2.00 bits per heavy atom. The summed E-state index contributed by atoms with van der Waals surface area (Å²) in [5.74, 6) is 0.295. The zero-order chi connectivity index (χ0) is 16.7. The Bertz CT molecular complexity index is 471. The van der Waals surface area contributed by atoms with Gasteiger partial charge in [-0.25, -0.2) is 9.79 Å². The topological polar surface area (TPSA) is 106 Å². The van der Waals surface area contributed by atoms with E-state index in [9.17, 15) is 14.4 Å². The number of nitrogens with one attached hydrogen (secondary N) is 3. The normalized spacial score (nSPS) is 18.4. The quantitative estimate of drug-likeness (QED) is 0.320. The van der Waals surface area contributed by atoms with Crippen molar-refractivity contribution in [2.45, 2.75) is 19.8 Å². The Labute approximate surface area is 135 Å². The first-order valence-corrected chi connectivity index (χ1v) is 8.00. The molecule has 2 aliphatic rings. The summed E-state index contributed by atoms with van der Waals surface area (Å²) in [5.41, 5.74) is 0. The van der Waals surface area contributed by atoms with Crippen LogP contribution in [0, 0.1) is 0 Å². The molecule has 2 heterocycles. The Morgan fingerprint density at radius 3 is 2.61 bits per heavy atom. The van der Waals surface area contributed by atoms with E-state index in [1.165, 1.54) is 0 Å². The molecular formula is C14H24N6O3. The molecule has 0 bridgehead atoms. The fraction of sp³-hybridized carbons (Fsp3) is 0.714. The summed E-state index contributed by atoms with van der Waals surface area (Å²) in [6.45, 7) is 4.99. The lowest BCUT2D eigenvalue weighted by molar-refractivity contribution is -0.128. The first-order valence-electron chi connectivity index (χ1n) is 8.00. The standard InChI is InChI=1S/C14H24N6O3/c1-2-15-13(17-9-11(21)19-6-3-4-7-19)16-5-8-20-12(22)10-18-14(20)23/h2-10H2,1H3,(H,18,23)(H2,15,16,17). The minimum Gasteiger partial charge on any atom is -0.357 e. The highest BCUT2D eigenvalue weighted by molar-refractivity contribution is 6.01. The van der Waals surface area contributed by atoms with Crippen molar-refractivity contribution in [3.63, 3.8) is 0 Å². The lowest BCUT2D eigenvalue weighted by Gasteiger charge is -2.16. The van der Waals surface area contributed by atoms with Crippen molar-refractivity contribution < 1.29 is 14.4 Å². The summed E-state index contributed by atoms with van der Waals surface area (Å²) < 4.78 is 0. The molecule has 4 amide bonds. The lowest BCUT2D eigenvalue weighted by atomic mass is 10.4. The Kier molecular flexibility index (Phi) is 6.19. The van der Waals surface area contributed by atoms with E-state index in [-0.39, 0.29) is 37.5 Å². The lowest BCUT2D eigenvalue weighted by Crippen LogP contribution is -2.43. The van der Waals surface area contributed by atoms with Crippen LogP contribution in [0.2, 0.25) is 0 Å². The number of aliphatic imine (C=N–C) groups is 1. The fourth-order valence-corrected chi connectivity index (χ4v) is 2.52. The SMILES string of the molecule is CCNC(=NCC(=O)N1CCCC1)NCCN1C(=O)CNC1=O. The van der Waals surface area contributed by atoms with Crippen LogP contribution < -0.4 is 16.0 Å². The molecule has 0 aromatic rings. The van der Waals surface area contributed by atoms with E-state index in [4.69, 9.17) is 0 Å². The molecule has 2 fully saturated rings. The maximum atomic E-state index is 12.0. The van der Waals surface area contributed by atoms with Gasteiger partial charge in [0, 0.05) is 32.7 Å². The highest BCUT2D eigenvalue weighted by Crippen LogP contribution is 2.07. The number of rotatable bonds is 6. The molecular weight excluding hydrogens is 300 g/mol. The number of urea groups is 1. The second kappa shape index (κ2) is 8.35. The summed E-state index contributed by atoms with van der Waals surface area (Å²) in [5, 5.41) is 8.54. The van der Waals surface area contributed by atoms with E-state index in [0.717, 1.165) is 30.8 Å². The first-order chi connectivity index (χ1) is 11.1. The van der Waals surface area contributed by atoms with E-state index in [1.54, 1.807) is 0 Å². The summed E-state index contributed by atoms with van der Waals surface area (Å²) in [6.07, 6.45) is 2.11. The molecule has 0 radical (unpaired) electrons. The molecule has 9 heteroatoms. The highest BCUT2D eigenvalue weighted by atomic mass is 16.2. The van der Waals surface area contributed by atoms with E-state index in [0.29, 0.717) is 19.0 Å². The van der Waals surface area contributed by atoms with Crippen molar-refractivity contribution >= 4 is 23.8 Å². The second-order valence-electron chi connectivity index (χ2n) is 5.41. The molecule has 0 saturated carbocycles. The van der Waals surface area contributed by atoms with Crippen molar-refractivity contribution in [1.29, 1.82) is 0 Å². The zero-order valence-corrected chi connectivity index (χ0v) is 13.4. The molecule has 0 atom stereocenters. The van der Waals surface area contributed by atoms with Gasteiger partial charge in [0.25, 0.3) is 0 Å². The van der Waals surface area contributed by atoms with Crippen LogP contribution >= 0.6 is 0 Å². The smallest absolute Gasteiger partial charge is 0.324 e. The van der Waals surface area contributed by atoms with Crippen LogP contribution in [0.15, 0.2) is 4.99 Å². The van der Waals surface area contributed by atoms with Gasteiger partial charge in [-0.15, -0.1) is 0 Å². The molecule has 23 heavy (non-hydrogen) atoms. The monoisotopic (exact) mass is 324 g/mol. The summed E-state index contributed by atoms with van der Waals surface area (Å²) in [7, 11) is 0. The Hall–Kier alpha value is -2.32. The minimum atomic E-state index is -0.372. The molecule has 0 aromatic heterocycles. The maximum absolute atomic E-state index is 12.0.